The number of nitrogen functional groups attached to an aromatic ring is 1. The monoisotopic (exact) mass is 416 g/mol. The summed E-state index contributed by atoms with van der Waals surface area (Å²) in [6.07, 6.45) is 6.78. The van der Waals surface area contributed by atoms with E-state index in [1.54, 1.807) is 0 Å². The van der Waals surface area contributed by atoms with Gasteiger partial charge in [-0.1, -0.05) is 13.8 Å². The Morgan fingerprint density at radius 2 is 2.03 bits per heavy atom. The largest absolute Gasteiger partial charge is 0.368 e. The highest BCUT2D eigenvalue weighted by molar-refractivity contribution is 5.76. The van der Waals surface area contributed by atoms with Crippen molar-refractivity contribution >= 4 is 11.9 Å². The third kappa shape index (κ3) is 5.49. The number of amides is 1. The molecule has 7 heteroatoms. The average molecular weight is 417 g/mol. The molecule has 0 saturated carbocycles. The van der Waals surface area contributed by atoms with Crippen LogP contribution in [0.3, 0.4) is 0 Å². The smallest absolute Gasteiger partial charge is 0.222 e. The van der Waals surface area contributed by atoms with Gasteiger partial charge in [0.25, 0.3) is 0 Å². The van der Waals surface area contributed by atoms with Crippen molar-refractivity contribution in [2.75, 3.05) is 52.0 Å². The van der Waals surface area contributed by atoms with Crippen molar-refractivity contribution in [3.05, 3.63) is 17.5 Å². The van der Waals surface area contributed by atoms with E-state index in [9.17, 15) is 4.79 Å². The molecule has 0 bridgehead atoms. The lowest BCUT2D eigenvalue weighted by atomic mass is 9.73. The number of hydrogen-bond acceptors (Lipinski definition) is 6. The molecule has 1 amide bonds. The van der Waals surface area contributed by atoms with Gasteiger partial charge < -0.3 is 15.5 Å². The van der Waals surface area contributed by atoms with Gasteiger partial charge in [-0.2, -0.15) is 0 Å². The van der Waals surface area contributed by atoms with Gasteiger partial charge in [-0.3, -0.25) is 9.69 Å². The van der Waals surface area contributed by atoms with E-state index in [0.29, 0.717) is 36.2 Å². The van der Waals surface area contributed by atoms with E-state index in [2.05, 4.69) is 47.6 Å². The first-order valence-corrected chi connectivity index (χ1v) is 11.8. The molecule has 3 rings (SSSR count). The van der Waals surface area contributed by atoms with Gasteiger partial charge in [0.05, 0.1) is 0 Å². The molecule has 30 heavy (non-hydrogen) atoms. The Morgan fingerprint density at radius 1 is 1.23 bits per heavy atom. The standard InChI is InChI=1S/C23H40N6O/c1-5-8-29-16-17(12-22(30)28(7-3)10-9-27(4)6-2)11-18-13-20-19(14-21(18)29)15-25-23(24)26-20/h15,17-18,21H,5-14,16H2,1-4H3,(H2,24,25,26)/t17-,18-,21-/m1/s1. The number of aromatic nitrogens is 2. The fourth-order valence-electron chi connectivity index (χ4n) is 5.20. The zero-order chi connectivity index (χ0) is 21.7. The number of rotatable bonds is 9. The SMILES string of the molecule is CCCN1C[C@@H](CC(=O)N(CC)CCN(C)CC)C[C@@H]2Cc3nc(N)ncc3C[C@H]21. The molecule has 1 aliphatic carbocycles. The molecule has 2 aliphatic rings. The number of fused-ring (bicyclic) bond motifs is 2. The fourth-order valence-corrected chi connectivity index (χ4v) is 5.20. The zero-order valence-electron chi connectivity index (χ0n) is 19.3. The summed E-state index contributed by atoms with van der Waals surface area (Å²) < 4.78 is 0. The van der Waals surface area contributed by atoms with E-state index >= 15 is 0 Å². The number of hydrogen-bond donors (Lipinski definition) is 1. The Kier molecular flexibility index (Phi) is 8.06. The molecule has 1 fully saturated rings. The minimum Gasteiger partial charge on any atom is -0.368 e. The first kappa shape index (κ1) is 22.9. The summed E-state index contributed by atoms with van der Waals surface area (Å²) in [4.78, 5) is 28.7. The predicted octanol–water partition coefficient (Wildman–Crippen LogP) is 2.06. The number of piperidine rings is 1. The number of carbonyl (C=O) groups excluding carboxylic acids is 1. The molecule has 0 radical (unpaired) electrons. The molecule has 1 saturated heterocycles. The van der Waals surface area contributed by atoms with Crippen LogP contribution in [0.5, 0.6) is 0 Å². The van der Waals surface area contributed by atoms with Crippen molar-refractivity contribution in [3.8, 4) is 0 Å². The number of nitrogens with zero attached hydrogens (tertiary/aromatic N) is 5. The average Bonchev–Trinajstić information content (AvgIpc) is 2.72. The highest BCUT2D eigenvalue weighted by atomic mass is 16.2. The van der Waals surface area contributed by atoms with Crippen LogP contribution in [0.25, 0.3) is 0 Å². The summed E-state index contributed by atoms with van der Waals surface area (Å²) in [6, 6.07) is 0.538. The van der Waals surface area contributed by atoms with Crippen molar-refractivity contribution in [1.82, 2.24) is 24.7 Å². The van der Waals surface area contributed by atoms with Crippen LogP contribution in [0.4, 0.5) is 5.95 Å². The molecule has 1 aliphatic heterocycles. The third-order valence-corrected chi connectivity index (χ3v) is 7.00. The Bertz CT molecular complexity index is 711. The minimum absolute atomic E-state index is 0.310. The van der Waals surface area contributed by atoms with Gasteiger partial charge in [-0.25, -0.2) is 9.97 Å². The second-order valence-electron chi connectivity index (χ2n) is 9.11. The van der Waals surface area contributed by atoms with Crippen molar-refractivity contribution in [1.29, 1.82) is 0 Å². The first-order valence-electron chi connectivity index (χ1n) is 11.8. The molecular weight excluding hydrogens is 376 g/mol. The van der Waals surface area contributed by atoms with Crippen LogP contribution in [-0.4, -0.2) is 82.9 Å². The molecule has 7 nitrogen and oxygen atoms in total. The van der Waals surface area contributed by atoms with Crippen molar-refractivity contribution < 1.29 is 4.79 Å². The van der Waals surface area contributed by atoms with Crippen LogP contribution in [0.1, 0.15) is 51.3 Å². The number of likely N-dealkylation sites (N-methyl/N-ethyl adjacent to an activating group) is 2. The molecular formula is C23H40N6O. The zero-order valence-corrected chi connectivity index (χ0v) is 19.3. The van der Waals surface area contributed by atoms with Gasteiger partial charge in [-0.15, -0.1) is 0 Å². The van der Waals surface area contributed by atoms with Crippen LogP contribution in [0.15, 0.2) is 6.20 Å². The van der Waals surface area contributed by atoms with Crippen LogP contribution in [0.2, 0.25) is 0 Å². The molecule has 1 aromatic heterocycles. The summed E-state index contributed by atoms with van der Waals surface area (Å²) in [5.41, 5.74) is 8.20. The minimum atomic E-state index is 0.310. The number of carbonyl (C=O) groups is 1. The van der Waals surface area contributed by atoms with Gasteiger partial charge in [0, 0.05) is 50.5 Å². The van der Waals surface area contributed by atoms with Gasteiger partial charge in [0.1, 0.15) is 0 Å². The predicted molar refractivity (Wildman–Crippen MR) is 121 cm³/mol. The summed E-state index contributed by atoms with van der Waals surface area (Å²) in [6.45, 7) is 12.2. The molecule has 2 N–H and O–H groups in total. The lowest BCUT2D eigenvalue weighted by Gasteiger charge is -2.47. The molecule has 3 atom stereocenters. The molecule has 0 aromatic carbocycles. The van der Waals surface area contributed by atoms with Crippen LogP contribution in [-0.2, 0) is 17.6 Å². The maximum absolute atomic E-state index is 13.1. The van der Waals surface area contributed by atoms with Gasteiger partial charge in [0.2, 0.25) is 11.9 Å². The second kappa shape index (κ2) is 10.5. The normalized spacial score (nSPS) is 23.8. The Labute approximate surface area is 182 Å². The van der Waals surface area contributed by atoms with Crippen LogP contribution < -0.4 is 5.73 Å². The van der Waals surface area contributed by atoms with Crippen molar-refractivity contribution in [2.24, 2.45) is 11.8 Å². The molecule has 0 spiro atoms. The van der Waals surface area contributed by atoms with Gasteiger partial charge >= 0.3 is 0 Å². The van der Waals surface area contributed by atoms with Crippen molar-refractivity contribution in [2.45, 2.75) is 58.9 Å². The third-order valence-electron chi connectivity index (χ3n) is 7.00. The molecule has 0 unspecified atom stereocenters. The lowest BCUT2D eigenvalue weighted by Crippen LogP contribution is -2.53. The first-order chi connectivity index (χ1) is 14.4. The Hall–Kier alpha value is -1.73. The highest BCUT2D eigenvalue weighted by Gasteiger charge is 2.40. The topological polar surface area (TPSA) is 78.6 Å². The molecule has 2 heterocycles. The molecule has 1 aromatic rings. The van der Waals surface area contributed by atoms with E-state index in [1.165, 1.54) is 5.56 Å². The quantitative estimate of drug-likeness (QED) is 0.664. The highest BCUT2D eigenvalue weighted by Crippen LogP contribution is 2.37. The van der Waals surface area contributed by atoms with E-state index in [1.807, 2.05) is 11.1 Å². The van der Waals surface area contributed by atoms with E-state index < -0.39 is 0 Å². The number of nitrogens with two attached hydrogens (primary N) is 1. The maximum atomic E-state index is 13.1. The van der Waals surface area contributed by atoms with E-state index in [-0.39, 0.29) is 0 Å². The fraction of sp³-hybridized carbons (Fsp3) is 0.783. The van der Waals surface area contributed by atoms with Crippen LogP contribution in [0, 0.1) is 11.8 Å². The van der Waals surface area contributed by atoms with E-state index in [0.717, 1.165) is 70.6 Å². The van der Waals surface area contributed by atoms with Gasteiger partial charge in [0.15, 0.2) is 0 Å². The number of likely N-dealkylation sites (tertiary alicyclic amines) is 1. The lowest BCUT2D eigenvalue weighted by molar-refractivity contribution is -0.133. The summed E-state index contributed by atoms with van der Waals surface area (Å²) >= 11 is 0. The van der Waals surface area contributed by atoms with Crippen LogP contribution >= 0.6 is 0 Å². The Morgan fingerprint density at radius 3 is 2.73 bits per heavy atom. The van der Waals surface area contributed by atoms with Gasteiger partial charge in [-0.05, 0) is 70.1 Å². The van der Waals surface area contributed by atoms with E-state index in [4.69, 9.17) is 5.73 Å². The summed E-state index contributed by atoms with van der Waals surface area (Å²) in [5.74, 6) is 1.65. The van der Waals surface area contributed by atoms with Crippen molar-refractivity contribution in [3.63, 3.8) is 0 Å². The second-order valence-corrected chi connectivity index (χ2v) is 9.11. The maximum Gasteiger partial charge on any atom is 0.222 e. The molecule has 168 valence electrons. The Balaban J connectivity index is 1.66. The summed E-state index contributed by atoms with van der Waals surface area (Å²) in [5, 5.41) is 0. The summed E-state index contributed by atoms with van der Waals surface area (Å²) in [7, 11) is 2.11. The number of anilines is 1.